The molecule has 5 rings (SSSR count). The number of aromatic hydroxyl groups is 3. The fourth-order valence-corrected chi connectivity index (χ4v) is 4.32. The summed E-state index contributed by atoms with van der Waals surface area (Å²) >= 11 is 0. The molecule has 2 heterocycles. The summed E-state index contributed by atoms with van der Waals surface area (Å²) in [6, 6.07) is 15.4. The van der Waals surface area contributed by atoms with Crippen LogP contribution in [0.25, 0.3) is 22.3 Å². The van der Waals surface area contributed by atoms with Crippen LogP contribution in [-0.4, -0.2) is 73.1 Å². The van der Waals surface area contributed by atoms with Crippen LogP contribution in [0.15, 0.2) is 69.9 Å². The van der Waals surface area contributed by atoms with Gasteiger partial charge in [-0.2, -0.15) is 0 Å². The maximum Gasteiger partial charge on any atom is 0.239 e. The van der Waals surface area contributed by atoms with Gasteiger partial charge in [0, 0.05) is 17.7 Å². The van der Waals surface area contributed by atoms with Crippen LogP contribution >= 0.6 is 0 Å². The van der Waals surface area contributed by atoms with Gasteiger partial charge in [-0.1, -0.05) is 30.3 Å². The van der Waals surface area contributed by atoms with Crippen molar-refractivity contribution in [2.24, 2.45) is 0 Å². The Morgan fingerprint density at radius 2 is 1.57 bits per heavy atom. The third kappa shape index (κ3) is 5.13. The predicted molar refractivity (Wildman–Crippen MR) is 138 cm³/mol. The highest BCUT2D eigenvalue weighted by molar-refractivity contribution is 5.88. The van der Waals surface area contributed by atoms with E-state index in [9.17, 15) is 40.5 Å². The lowest BCUT2D eigenvalue weighted by molar-refractivity contribution is -0.277. The summed E-state index contributed by atoms with van der Waals surface area (Å²) in [6.07, 6.45) is -8.39. The second kappa shape index (κ2) is 11.0. The summed E-state index contributed by atoms with van der Waals surface area (Å²) < 4.78 is 22.7. The minimum Gasteiger partial charge on any atom is -0.507 e. The molecule has 5 atom stereocenters. The molecule has 12 heteroatoms. The topological polar surface area (TPSA) is 200 Å². The Kier molecular flexibility index (Phi) is 7.52. The van der Waals surface area contributed by atoms with Crippen molar-refractivity contribution in [2.75, 3.05) is 6.61 Å². The number of rotatable bonds is 7. The van der Waals surface area contributed by atoms with E-state index in [1.54, 1.807) is 0 Å². The molecule has 0 spiro atoms. The van der Waals surface area contributed by atoms with E-state index >= 15 is 0 Å². The van der Waals surface area contributed by atoms with Gasteiger partial charge in [0.1, 0.15) is 53.5 Å². The van der Waals surface area contributed by atoms with Gasteiger partial charge in [0.25, 0.3) is 0 Å². The molecule has 4 aromatic rings. The van der Waals surface area contributed by atoms with Crippen LogP contribution in [0.4, 0.5) is 0 Å². The van der Waals surface area contributed by atoms with Gasteiger partial charge in [0.15, 0.2) is 17.3 Å². The zero-order valence-corrected chi connectivity index (χ0v) is 20.7. The fraction of sp³-hybridized carbons (Fsp3) is 0.250. The first-order chi connectivity index (χ1) is 19.2. The lowest BCUT2D eigenvalue weighted by atomic mass is 9.99. The molecular formula is C28H26O12. The number of phenolic OH excluding ortho intramolecular Hbond substituents is 3. The molecule has 1 aliphatic heterocycles. The van der Waals surface area contributed by atoms with E-state index in [-0.39, 0.29) is 34.6 Å². The molecule has 40 heavy (non-hydrogen) atoms. The normalized spacial score (nSPS) is 22.8. The van der Waals surface area contributed by atoms with Gasteiger partial charge >= 0.3 is 0 Å². The molecule has 0 bridgehead atoms. The predicted octanol–water partition coefficient (Wildman–Crippen LogP) is 1.33. The largest absolute Gasteiger partial charge is 0.507 e. The number of aliphatic hydroxyl groups is 4. The summed E-state index contributed by atoms with van der Waals surface area (Å²) in [7, 11) is 0. The number of fused-ring (bicyclic) bond motifs is 1. The Balaban J connectivity index is 1.61. The number of phenols is 3. The van der Waals surface area contributed by atoms with Crippen molar-refractivity contribution in [3.63, 3.8) is 0 Å². The molecule has 12 nitrogen and oxygen atoms in total. The first kappa shape index (κ1) is 27.2. The van der Waals surface area contributed by atoms with Gasteiger partial charge in [-0.05, 0) is 23.8 Å². The van der Waals surface area contributed by atoms with Crippen LogP contribution in [0.1, 0.15) is 5.56 Å². The smallest absolute Gasteiger partial charge is 0.239 e. The molecular weight excluding hydrogens is 528 g/mol. The quantitative estimate of drug-likeness (QED) is 0.162. The number of ether oxygens (including phenoxy) is 3. The van der Waals surface area contributed by atoms with E-state index in [0.29, 0.717) is 0 Å². The van der Waals surface area contributed by atoms with E-state index in [2.05, 4.69) is 0 Å². The van der Waals surface area contributed by atoms with E-state index in [1.807, 2.05) is 30.3 Å². The maximum absolute atomic E-state index is 13.7. The molecule has 210 valence electrons. The molecule has 0 amide bonds. The monoisotopic (exact) mass is 554 g/mol. The highest BCUT2D eigenvalue weighted by Gasteiger charge is 2.45. The molecule has 1 fully saturated rings. The molecule has 0 radical (unpaired) electrons. The van der Waals surface area contributed by atoms with Crippen LogP contribution in [0.5, 0.6) is 28.7 Å². The number of hydrogen-bond donors (Lipinski definition) is 7. The van der Waals surface area contributed by atoms with Crippen molar-refractivity contribution in [2.45, 2.75) is 37.3 Å². The van der Waals surface area contributed by atoms with Crippen molar-refractivity contribution in [1.29, 1.82) is 0 Å². The highest BCUT2D eigenvalue weighted by atomic mass is 16.7. The third-order valence-electron chi connectivity index (χ3n) is 6.47. The van der Waals surface area contributed by atoms with Crippen LogP contribution in [0, 0.1) is 0 Å². The lowest BCUT2D eigenvalue weighted by Gasteiger charge is -2.39. The zero-order chi connectivity index (χ0) is 28.6. The Labute approximate surface area is 226 Å². The Hall–Kier alpha value is -4.33. The van der Waals surface area contributed by atoms with Crippen molar-refractivity contribution in [3.8, 4) is 40.1 Å². The molecule has 1 saturated heterocycles. The first-order valence-electron chi connectivity index (χ1n) is 12.2. The summed E-state index contributed by atoms with van der Waals surface area (Å²) in [5.74, 6) is -2.19. The SMILES string of the molecule is O=c1c(OC2O[C@H](CO)[C@H](O)[C@H](O)[C@H]2O)c(-c2ccc(O)c(O)c2)oc2cc(OCc3ccccc3)cc(O)c12. The van der Waals surface area contributed by atoms with Gasteiger partial charge in [0.05, 0.1) is 6.61 Å². The van der Waals surface area contributed by atoms with Crippen molar-refractivity contribution >= 4 is 11.0 Å². The maximum atomic E-state index is 13.7. The average molecular weight is 555 g/mol. The molecule has 7 N–H and O–H groups in total. The van der Waals surface area contributed by atoms with Crippen molar-refractivity contribution in [3.05, 3.63) is 76.5 Å². The Morgan fingerprint density at radius 3 is 2.27 bits per heavy atom. The standard InChI is InChI=1S/C28H26O12/c29-11-20-22(33)24(35)25(36)28(39-20)40-27-23(34)21-18(32)9-15(37-12-13-4-2-1-3-5-13)10-19(21)38-26(27)14-6-7-16(30)17(31)8-14/h1-10,20,22,24-25,28-33,35-36H,11-12H2/t20-,22+,24+,25-,28?/m1/s1. The molecule has 0 saturated carbocycles. The van der Waals surface area contributed by atoms with E-state index in [1.165, 1.54) is 18.2 Å². The fourth-order valence-electron chi connectivity index (χ4n) is 4.32. The average Bonchev–Trinajstić information content (AvgIpc) is 2.95. The summed E-state index contributed by atoms with van der Waals surface area (Å²) in [5, 5.41) is 70.5. The molecule has 1 aliphatic rings. The minimum absolute atomic E-state index is 0.0592. The van der Waals surface area contributed by atoms with Crippen molar-refractivity contribution in [1.82, 2.24) is 0 Å². The number of aliphatic hydroxyl groups excluding tert-OH is 4. The molecule has 1 aromatic heterocycles. The summed E-state index contributed by atoms with van der Waals surface area (Å²) in [6.45, 7) is -0.574. The van der Waals surface area contributed by atoms with Gasteiger partial charge in [-0.15, -0.1) is 0 Å². The van der Waals surface area contributed by atoms with Gasteiger partial charge in [0.2, 0.25) is 17.5 Å². The molecule has 1 unspecified atom stereocenters. The van der Waals surface area contributed by atoms with Gasteiger partial charge in [-0.25, -0.2) is 0 Å². The van der Waals surface area contributed by atoms with Gasteiger partial charge < -0.3 is 54.4 Å². The van der Waals surface area contributed by atoms with Crippen LogP contribution in [0.3, 0.4) is 0 Å². The third-order valence-corrected chi connectivity index (χ3v) is 6.47. The second-order valence-electron chi connectivity index (χ2n) is 9.20. The number of hydrogen-bond acceptors (Lipinski definition) is 12. The van der Waals surface area contributed by atoms with Crippen LogP contribution < -0.4 is 14.9 Å². The second-order valence-corrected chi connectivity index (χ2v) is 9.20. The van der Waals surface area contributed by atoms with Crippen LogP contribution in [0.2, 0.25) is 0 Å². The summed E-state index contributed by atoms with van der Waals surface area (Å²) in [5.41, 5.74) is -0.110. The van der Waals surface area contributed by atoms with E-state index in [4.69, 9.17) is 18.6 Å². The van der Waals surface area contributed by atoms with E-state index < -0.39 is 65.7 Å². The Bertz CT molecular complexity index is 1570. The molecule has 0 aliphatic carbocycles. The summed E-state index contributed by atoms with van der Waals surface area (Å²) in [4.78, 5) is 13.7. The zero-order valence-electron chi connectivity index (χ0n) is 20.7. The van der Waals surface area contributed by atoms with Gasteiger partial charge in [-0.3, -0.25) is 4.79 Å². The minimum atomic E-state index is -1.85. The molecule has 3 aromatic carbocycles. The Morgan fingerprint density at radius 1 is 0.825 bits per heavy atom. The number of benzene rings is 3. The highest BCUT2D eigenvalue weighted by Crippen LogP contribution is 2.39. The first-order valence-corrected chi connectivity index (χ1v) is 12.2. The lowest BCUT2D eigenvalue weighted by Crippen LogP contribution is -2.60. The van der Waals surface area contributed by atoms with Crippen molar-refractivity contribution < 1.29 is 54.4 Å². The van der Waals surface area contributed by atoms with Crippen LogP contribution in [-0.2, 0) is 11.3 Å². The van der Waals surface area contributed by atoms with E-state index in [0.717, 1.165) is 17.7 Å².